The summed E-state index contributed by atoms with van der Waals surface area (Å²) in [6.07, 6.45) is 1.13. The van der Waals surface area contributed by atoms with Gasteiger partial charge in [-0.25, -0.2) is 0 Å². The molecule has 1 aromatic carbocycles. The van der Waals surface area contributed by atoms with Crippen LogP contribution in [-0.2, 0) is 14.9 Å². The average molecular weight is 249 g/mol. The molecule has 0 bridgehead atoms. The number of carbonyl (C=O) groups excluding carboxylic acids is 1. The van der Waals surface area contributed by atoms with Crippen LogP contribution in [0.25, 0.3) is 0 Å². The standard InChI is InChI=1S/C15H23NO2/c1-5-15(12(3)16,10-14(17)18-4)13-8-6-11(2)7-9-13/h6-9,12H,5,10,16H2,1-4H3. The molecule has 100 valence electrons. The summed E-state index contributed by atoms with van der Waals surface area (Å²) < 4.78 is 4.81. The van der Waals surface area contributed by atoms with E-state index < -0.39 is 0 Å². The average Bonchev–Trinajstić information content (AvgIpc) is 2.36. The predicted octanol–water partition coefficient (Wildman–Crippen LogP) is 2.55. The molecular weight excluding hydrogens is 226 g/mol. The van der Waals surface area contributed by atoms with Crippen LogP contribution < -0.4 is 5.73 Å². The topological polar surface area (TPSA) is 52.3 Å². The van der Waals surface area contributed by atoms with Crippen molar-refractivity contribution in [2.45, 2.75) is 45.1 Å². The van der Waals surface area contributed by atoms with E-state index in [0.717, 1.165) is 12.0 Å². The Morgan fingerprint density at radius 3 is 2.33 bits per heavy atom. The van der Waals surface area contributed by atoms with E-state index in [1.54, 1.807) is 0 Å². The van der Waals surface area contributed by atoms with Gasteiger partial charge in [0.05, 0.1) is 13.5 Å². The number of carbonyl (C=O) groups is 1. The lowest BCUT2D eigenvalue weighted by atomic mass is 9.70. The number of aryl methyl sites for hydroxylation is 1. The third-order valence-corrected chi connectivity index (χ3v) is 3.82. The zero-order chi connectivity index (χ0) is 13.8. The Labute approximate surface area is 109 Å². The monoisotopic (exact) mass is 249 g/mol. The Hall–Kier alpha value is -1.35. The number of esters is 1. The van der Waals surface area contributed by atoms with E-state index in [2.05, 4.69) is 31.2 Å². The largest absolute Gasteiger partial charge is 0.469 e. The first kappa shape index (κ1) is 14.7. The maximum absolute atomic E-state index is 11.7. The zero-order valence-electron chi connectivity index (χ0n) is 11.7. The highest BCUT2D eigenvalue weighted by molar-refractivity contribution is 5.71. The van der Waals surface area contributed by atoms with Crippen LogP contribution in [0.3, 0.4) is 0 Å². The van der Waals surface area contributed by atoms with Gasteiger partial charge in [-0.2, -0.15) is 0 Å². The fourth-order valence-corrected chi connectivity index (χ4v) is 2.39. The van der Waals surface area contributed by atoms with Crippen molar-refractivity contribution >= 4 is 5.97 Å². The second kappa shape index (κ2) is 6.01. The first-order chi connectivity index (χ1) is 8.46. The number of benzene rings is 1. The van der Waals surface area contributed by atoms with Crippen molar-refractivity contribution in [2.24, 2.45) is 5.73 Å². The summed E-state index contributed by atoms with van der Waals surface area (Å²) in [7, 11) is 1.42. The van der Waals surface area contributed by atoms with Crippen LogP contribution in [-0.4, -0.2) is 19.1 Å². The molecule has 0 aromatic heterocycles. The third-order valence-electron chi connectivity index (χ3n) is 3.82. The Morgan fingerprint density at radius 1 is 1.39 bits per heavy atom. The van der Waals surface area contributed by atoms with Crippen LogP contribution in [0.5, 0.6) is 0 Å². The van der Waals surface area contributed by atoms with Crippen LogP contribution in [0.4, 0.5) is 0 Å². The molecule has 0 heterocycles. The highest BCUT2D eigenvalue weighted by Gasteiger charge is 2.37. The fraction of sp³-hybridized carbons (Fsp3) is 0.533. The van der Waals surface area contributed by atoms with Crippen LogP contribution in [0, 0.1) is 6.92 Å². The van der Waals surface area contributed by atoms with E-state index in [1.165, 1.54) is 12.7 Å². The molecule has 0 aliphatic carbocycles. The highest BCUT2D eigenvalue weighted by Crippen LogP contribution is 2.35. The third kappa shape index (κ3) is 2.91. The minimum absolute atomic E-state index is 0.107. The molecule has 1 rings (SSSR count). The van der Waals surface area contributed by atoms with E-state index >= 15 is 0 Å². The van der Waals surface area contributed by atoms with Gasteiger partial charge in [0, 0.05) is 11.5 Å². The molecular formula is C15H23NO2. The second-order valence-electron chi connectivity index (χ2n) is 4.92. The number of methoxy groups -OCH3 is 1. The molecule has 0 aliphatic heterocycles. The van der Waals surface area contributed by atoms with Gasteiger partial charge in [0.15, 0.2) is 0 Å². The number of hydrogen-bond donors (Lipinski definition) is 1. The summed E-state index contributed by atoms with van der Waals surface area (Å²) in [5.74, 6) is -0.213. The first-order valence-electron chi connectivity index (χ1n) is 6.35. The molecule has 3 heteroatoms. The molecule has 0 fully saturated rings. The Balaban J connectivity index is 3.18. The highest BCUT2D eigenvalue weighted by atomic mass is 16.5. The lowest BCUT2D eigenvalue weighted by molar-refractivity contribution is -0.142. The van der Waals surface area contributed by atoms with Gasteiger partial charge in [0.2, 0.25) is 0 Å². The number of hydrogen-bond acceptors (Lipinski definition) is 3. The molecule has 1 aromatic rings. The summed E-state index contributed by atoms with van der Waals surface area (Å²) in [5, 5.41) is 0. The van der Waals surface area contributed by atoms with Crippen molar-refractivity contribution in [3.63, 3.8) is 0 Å². The second-order valence-corrected chi connectivity index (χ2v) is 4.92. The van der Waals surface area contributed by atoms with Crippen LogP contribution in [0.2, 0.25) is 0 Å². The molecule has 2 unspecified atom stereocenters. The molecule has 2 atom stereocenters. The lowest BCUT2D eigenvalue weighted by Crippen LogP contribution is -2.44. The molecule has 0 saturated heterocycles. The van der Waals surface area contributed by atoms with E-state index in [-0.39, 0.29) is 17.4 Å². The Morgan fingerprint density at radius 2 is 1.94 bits per heavy atom. The number of nitrogens with two attached hydrogens (primary N) is 1. The molecule has 3 nitrogen and oxygen atoms in total. The fourth-order valence-electron chi connectivity index (χ4n) is 2.39. The van der Waals surface area contributed by atoms with Crippen molar-refractivity contribution in [1.82, 2.24) is 0 Å². The van der Waals surface area contributed by atoms with E-state index in [9.17, 15) is 4.79 Å². The summed E-state index contributed by atoms with van der Waals surface area (Å²) in [6.45, 7) is 6.06. The van der Waals surface area contributed by atoms with E-state index in [1.807, 2.05) is 13.8 Å². The lowest BCUT2D eigenvalue weighted by Gasteiger charge is -2.36. The van der Waals surface area contributed by atoms with Gasteiger partial charge in [-0.05, 0) is 25.8 Å². The van der Waals surface area contributed by atoms with Crippen molar-refractivity contribution < 1.29 is 9.53 Å². The maximum atomic E-state index is 11.7. The summed E-state index contributed by atoms with van der Waals surface area (Å²) in [6, 6.07) is 8.12. The summed E-state index contributed by atoms with van der Waals surface area (Å²) in [5.41, 5.74) is 8.11. The van der Waals surface area contributed by atoms with Crippen LogP contribution in [0.15, 0.2) is 24.3 Å². The number of rotatable bonds is 5. The first-order valence-corrected chi connectivity index (χ1v) is 6.35. The minimum atomic E-state index is -0.346. The van der Waals surface area contributed by atoms with E-state index in [0.29, 0.717) is 6.42 Å². The molecule has 18 heavy (non-hydrogen) atoms. The van der Waals surface area contributed by atoms with Crippen molar-refractivity contribution in [2.75, 3.05) is 7.11 Å². The molecule has 0 radical (unpaired) electrons. The van der Waals surface area contributed by atoms with Gasteiger partial charge in [0.25, 0.3) is 0 Å². The van der Waals surface area contributed by atoms with Gasteiger partial charge < -0.3 is 10.5 Å². The number of ether oxygens (including phenoxy) is 1. The molecule has 0 aliphatic rings. The van der Waals surface area contributed by atoms with Gasteiger partial charge in [-0.1, -0.05) is 36.8 Å². The van der Waals surface area contributed by atoms with Crippen molar-refractivity contribution in [3.8, 4) is 0 Å². The van der Waals surface area contributed by atoms with Gasteiger partial charge in [-0.15, -0.1) is 0 Å². The van der Waals surface area contributed by atoms with Gasteiger partial charge in [-0.3, -0.25) is 4.79 Å². The normalized spacial score (nSPS) is 15.8. The maximum Gasteiger partial charge on any atom is 0.306 e. The zero-order valence-corrected chi connectivity index (χ0v) is 11.7. The van der Waals surface area contributed by atoms with Crippen LogP contribution in [0.1, 0.15) is 37.8 Å². The minimum Gasteiger partial charge on any atom is -0.469 e. The van der Waals surface area contributed by atoms with Crippen LogP contribution >= 0.6 is 0 Å². The smallest absolute Gasteiger partial charge is 0.306 e. The SMILES string of the molecule is CCC(CC(=O)OC)(c1ccc(C)cc1)C(C)N. The van der Waals surface area contributed by atoms with E-state index in [4.69, 9.17) is 10.5 Å². The van der Waals surface area contributed by atoms with Crippen molar-refractivity contribution in [1.29, 1.82) is 0 Å². The molecule has 2 N–H and O–H groups in total. The summed E-state index contributed by atoms with van der Waals surface area (Å²) >= 11 is 0. The summed E-state index contributed by atoms with van der Waals surface area (Å²) in [4.78, 5) is 11.7. The van der Waals surface area contributed by atoms with Gasteiger partial charge >= 0.3 is 5.97 Å². The predicted molar refractivity (Wildman–Crippen MR) is 73.4 cm³/mol. The van der Waals surface area contributed by atoms with Gasteiger partial charge in [0.1, 0.15) is 0 Å². The quantitative estimate of drug-likeness (QED) is 0.816. The Kier molecular flexibility index (Phi) is 4.91. The van der Waals surface area contributed by atoms with Crippen molar-refractivity contribution in [3.05, 3.63) is 35.4 Å². The molecule has 0 amide bonds. The Bertz CT molecular complexity index is 397. The molecule has 0 saturated carbocycles. The molecule has 0 spiro atoms.